The average Bonchev–Trinajstić information content (AvgIpc) is 2.40. The van der Waals surface area contributed by atoms with Gasteiger partial charge in [0, 0.05) is 31.7 Å². The van der Waals surface area contributed by atoms with Crippen molar-refractivity contribution in [3.8, 4) is 0 Å². The number of carbonyl (C=O) groups excluding carboxylic acids is 1. The molecule has 1 fully saturated rings. The summed E-state index contributed by atoms with van der Waals surface area (Å²) < 4.78 is 14.6. The average molecular weight is 236 g/mol. The Labute approximate surface area is 101 Å². The van der Waals surface area contributed by atoms with E-state index in [0.717, 1.165) is 13.1 Å². The van der Waals surface area contributed by atoms with Gasteiger partial charge in [0.2, 0.25) is 11.6 Å². The lowest BCUT2D eigenvalue weighted by Gasteiger charge is -2.36. The van der Waals surface area contributed by atoms with Gasteiger partial charge in [0.25, 0.3) is 0 Å². The van der Waals surface area contributed by atoms with Crippen molar-refractivity contribution in [1.82, 2.24) is 10.2 Å². The highest BCUT2D eigenvalue weighted by molar-refractivity contribution is 6.01. The number of ketones is 1. The Morgan fingerprint density at radius 2 is 1.88 bits per heavy atom. The molecule has 3 nitrogen and oxygen atoms in total. The smallest absolute Gasteiger partial charge is 0.224 e. The molecule has 0 bridgehead atoms. The molecule has 1 aromatic rings. The maximum Gasteiger partial charge on any atom is 0.224 e. The fourth-order valence-electron chi connectivity index (χ4n) is 2.08. The lowest BCUT2D eigenvalue weighted by molar-refractivity contribution is -0.00927. The van der Waals surface area contributed by atoms with Gasteiger partial charge in [-0.3, -0.25) is 9.69 Å². The monoisotopic (exact) mass is 236 g/mol. The molecule has 0 radical (unpaired) electrons. The third kappa shape index (κ3) is 2.53. The number of piperazine rings is 1. The van der Waals surface area contributed by atoms with Gasteiger partial charge >= 0.3 is 0 Å². The Morgan fingerprint density at radius 3 is 2.47 bits per heavy atom. The second kappa shape index (κ2) is 4.94. The van der Waals surface area contributed by atoms with Gasteiger partial charge in [-0.05, 0) is 6.92 Å². The predicted octanol–water partition coefficient (Wildman–Crippen LogP) is 1.46. The predicted molar refractivity (Wildman–Crippen MR) is 64.7 cm³/mol. The van der Waals surface area contributed by atoms with E-state index >= 15 is 0 Å². The zero-order valence-corrected chi connectivity index (χ0v) is 9.95. The molecule has 1 saturated heterocycles. The number of nitrogens with zero attached hydrogens (tertiary/aromatic N) is 1. The van der Waals surface area contributed by atoms with Crippen molar-refractivity contribution in [3.05, 3.63) is 35.9 Å². The summed E-state index contributed by atoms with van der Waals surface area (Å²) in [6, 6.07) is 8.63. The molecule has 1 aromatic carbocycles. The van der Waals surface area contributed by atoms with Crippen LogP contribution < -0.4 is 5.32 Å². The molecule has 1 heterocycles. The number of hydrogen-bond donors (Lipinski definition) is 1. The van der Waals surface area contributed by atoms with Crippen molar-refractivity contribution in [3.63, 3.8) is 0 Å². The molecule has 1 atom stereocenters. The number of halogens is 1. The van der Waals surface area contributed by atoms with E-state index in [4.69, 9.17) is 0 Å². The number of rotatable bonds is 3. The molecule has 17 heavy (non-hydrogen) atoms. The van der Waals surface area contributed by atoms with E-state index in [1.807, 2.05) is 6.07 Å². The minimum atomic E-state index is -1.91. The molecule has 2 rings (SSSR count). The van der Waals surface area contributed by atoms with Gasteiger partial charge in [-0.15, -0.1) is 0 Å². The number of carbonyl (C=O) groups is 1. The van der Waals surface area contributed by atoms with Gasteiger partial charge < -0.3 is 5.32 Å². The summed E-state index contributed by atoms with van der Waals surface area (Å²) in [5.74, 6) is -2.37. The van der Waals surface area contributed by atoms with Gasteiger partial charge in [0.05, 0.1) is 0 Å². The molecule has 4 heteroatoms. The lowest BCUT2D eigenvalue weighted by Crippen LogP contribution is -2.56. The molecule has 0 spiro atoms. The minimum absolute atomic E-state index is 0.427. The van der Waals surface area contributed by atoms with Gasteiger partial charge in [-0.2, -0.15) is 0 Å². The highest BCUT2D eigenvalue weighted by Gasteiger charge is 2.40. The zero-order valence-electron chi connectivity index (χ0n) is 9.95. The van der Waals surface area contributed by atoms with E-state index in [0.29, 0.717) is 18.7 Å². The van der Waals surface area contributed by atoms with Crippen LogP contribution >= 0.6 is 0 Å². The van der Waals surface area contributed by atoms with E-state index in [9.17, 15) is 9.18 Å². The molecular formula is C13H17FN2O. The van der Waals surface area contributed by atoms with E-state index in [1.165, 1.54) is 6.92 Å². The van der Waals surface area contributed by atoms with E-state index in [2.05, 4.69) is 5.32 Å². The number of nitrogens with one attached hydrogen (secondary N) is 1. The molecule has 1 N–H and O–H groups in total. The zero-order chi connectivity index (χ0) is 12.3. The van der Waals surface area contributed by atoms with Crippen LogP contribution in [0, 0.1) is 0 Å². The van der Waals surface area contributed by atoms with Crippen LogP contribution in [0.1, 0.15) is 17.3 Å². The number of hydrogen-bond acceptors (Lipinski definition) is 3. The Kier molecular flexibility index (Phi) is 3.54. The van der Waals surface area contributed by atoms with Crippen molar-refractivity contribution >= 4 is 5.78 Å². The second-order valence-electron chi connectivity index (χ2n) is 4.39. The Morgan fingerprint density at radius 1 is 1.29 bits per heavy atom. The third-order valence-electron chi connectivity index (χ3n) is 3.16. The second-order valence-corrected chi connectivity index (χ2v) is 4.39. The third-order valence-corrected chi connectivity index (χ3v) is 3.16. The Bertz CT molecular complexity index is 386. The SMILES string of the molecule is CC(F)(C(=O)c1ccccc1)N1CCNCC1. The maximum atomic E-state index is 14.6. The highest BCUT2D eigenvalue weighted by Crippen LogP contribution is 2.22. The summed E-state index contributed by atoms with van der Waals surface area (Å²) in [7, 11) is 0. The molecule has 92 valence electrons. The minimum Gasteiger partial charge on any atom is -0.314 e. The molecule has 0 saturated carbocycles. The summed E-state index contributed by atoms with van der Waals surface area (Å²) in [5.41, 5.74) is 0.427. The summed E-state index contributed by atoms with van der Waals surface area (Å²) in [5, 5.41) is 3.15. The highest BCUT2D eigenvalue weighted by atomic mass is 19.1. The summed E-state index contributed by atoms with van der Waals surface area (Å²) in [6.45, 7) is 3.92. The quantitative estimate of drug-likeness (QED) is 0.637. The summed E-state index contributed by atoms with van der Waals surface area (Å²) in [4.78, 5) is 13.7. The van der Waals surface area contributed by atoms with Crippen molar-refractivity contribution in [2.24, 2.45) is 0 Å². The lowest BCUT2D eigenvalue weighted by atomic mass is 10.0. The first-order valence-corrected chi connectivity index (χ1v) is 5.87. The molecule has 0 aliphatic carbocycles. The van der Waals surface area contributed by atoms with Crippen LogP contribution in [0.15, 0.2) is 30.3 Å². The fraction of sp³-hybridized carbons (Fsp3) is 0.462. The van der Waals surface area contributed by atoms with Crippen LogP contribution in [0.2, 0.25) is 0 Å². The molecule has 0 aromatic heterocycles. The summed E-state index contributed by atoms with van der Waals surface area (Å²) >= 11 is 0. The fourth-order valence-corrected chi connectivity index (χ4v) is 2.08. The molecule has 1 unspecified atom stereocenters. The van der Waals surface area contributed by atoms with E-state index in [-0.39, 0.29) is 0 Å². The Hall–Kier alpha value is -1.26. The topological polar surface area (TPSA) is 32.3 Å². The standard InChI is InChI=1S/C13H17FN2O/c1-13(14,16-9-7-15-8-10-16)12(17)11-5-3-2-4-6-11/h2-6,15H,7-10H2,1H3. The van der Waals surface area contributed by atoms with Gasteiger partial charge in [-0.1, -0.05) is 30.3 Å². The van der Waals surface area contributed by atoms with Crippen LogP contribution in [-0.2, 0) is 0 Å². The van der Waals surface area contributed by atoms with Crippen molar-refractivity contribution in [2.45, 2.75) is 12.7 Å². The van der Waals surface area contributed by atoms with Gasteiger partial charge in [0.15, 0.2) is 0 Å². The molecular weight excluding hydrogens is 219 g/mol. The number of benzene rings is 1. The van der Waals surface area contributed by atoms with Crippen LogP contribution in [0.5, 0.6) is 0 Å². The Balaban J connectivity index is 2.17. The number of alkyl halides is 1. The number of Topliss-reactive ketones (excluding diaryl/α,β-unsaturated/α-hetero) is 1. The van der Waals surface area contributed by atoms with Crippen LogP contribution in [0.25, 0.3) is 0 Å². The first-order chi connectivity index (χ1) is 8.12. The molecule has 1 aliphatic heterocycles. The maximum absolute atomic E-state index is 14.6. The van der Waals surface area contributed by atoms with Crippen molar-refractivity contribution in [1.29, 1.82) is 0 Å². The van der Waals surface area contributed by atoms with Crippen LogP contribution in [-0.4, -0.2) is 42.7 Å². The summed E-state index contributed by atoms with van der Waals surface area (Å²) in [6.07, 6.45) is 0. The van der Waals surface area contributed by atoms with Crippen molar-refractivity contribution in [2.75, 3.05) is 26.2 Å². The van der Waals surface area contributed by atoms with Gasteiger partial charge in [0.1, 0.15) is 0 Å². The normalized spacial score (nSPS) is 20.8. The van der Waals surface area contributed by atoms with Crippen LogP contribution in [0.3, 0.4) is 0 Å². The van der Waals surface area contributed by atoms with Crippen molar-refractivity contribution < 1.29 is 9.18 Å². The molecule has 1 aliphatic rings. The molecule has 0 amide bonds. The van der Waals surface area contributed by atoms with E-state index in [1.54, 1.807) is 29.2 Å². The largest absolute Gasteiger partial charge is 0.314 e. The van der Waals surface area contributed by atoms with Gasteiger partial charge in [-0.25, -0.2) is 4.39 Å². The van der Waals surface area contributed by atoms with E-state index < -0.39 is 11.6 Å². The van der Waals surface area contributed by atoms with Crippen LogP contribution in [0.4, 0.5) is 4.39 Å². The first-order valence-electron chi connectivity index (χ1n) is 5.87. The first kappa shape index (κ1) is 12.2.